The third-order valence-electron chi connectivity index (χ3n) is 2.00. The highest BCUT2D eigenvalue weighted by atomic mass is 16.5. The van der Waals surface area contributed by atoms with Gasteiger partial charge in [0, 0.05) is 12.5 Å². The molecule has 0 bridgehead atoms. The van der Waals surface area contributed by atoms with Gasteiger partial charge in [0.1, 0.15) is 0 Å². The molecule has 0 heterocycles. The summed E-state index contributed by atoms with van der Waals surface area (Å²) in [5, 5.41) is 8.35. The van der Waals surface area contributed by atoms with E-state index in [0.29, 0.717) is 12.3 Å². The molecular formula is C9H11NO2. The number of rotatable bonds is 2. The second-order valence-corrected chi connectivity index (χ2v) is 2.96. The van der Waals surface area contributed by atoms with Crippen LogP contribution in [0.1, 0.15) is 19.3 Å². The van der Waals surface area contributed by atoms with Gasteiger partial charge in [-0.05, 0) is 18.8 Å². The van der Waals surface area contributed by atoms with E-state index in [-0.39, 0.29) is 5.97 Å². The van der Waals surface area contributed by atoms with Gasteiger partial charge in [0.15, 0.2) is 0 Å². The summed E-state index contributed by atoms with van der Waals surface area (Å²) >= 11 is 0. The van der Waals surface area contributed by atoms with Crippen molar-refractivity contribution in [2.45, 2.75) is 19.3 Å². The van der Waals surface area contributed by atoms with Crippen LogP contribution in [0.2, 0.25) is 0 Å². The topological polar surface area (TPSA) is 50.1 Å². The van der Waals surface area contributed by atoms with E-state index in [2.05, 4.69) is 10.8 Å². The van der Waals surface area contributed by atoms with Crippen molar-refractivity contribution in [3.05, 3.63) is 11.6 Å². The van der Waals surface area contributed by atoms with E-state index in [0.717, 1.165) is 18.4 Å². The van der Waals surface area contributed by atoms with Crippen LogP contribution in [0.15, 0.2) is 11.6 Å². The number of esters is 1. The number of hydrogen-bond acceptors (Lipinski definition) is 3. The van der Waals surface area contributed by atoms with Crippen LogP contribution in [-0.2, 0) is 9.53 Å². The molecule has 0 aromatic heterocycles. The van der Waals surface area contributed by atoms with Crippen LogP contribution >= 0.6 is 0 Å². The van der Waals surface area contributed by atoms with Crippen LogP contribution in [0.5, 0.6) is 0 Å². The van der Waals surface area contributed by atoms with Crippen molar-refractivity contribution in [2.75, 3.05) is 7.11 Å². The molecule has 1 saturated carbocycles. The quantitative estimate of drug-likeness (QED) is 0.459. The van der Waals surface area contributed by atoms with E-state index in [1.165, 1.54) is 13.2 Å². The van der Waals surface area contributed by atoms with Gasteiger partial charge in [-0.15, -0.1) is 0 Å². The lowest BCUT2D eigenvalue weighted by Crippen LogP contribution is -2.15. The summed E-state index contributed by atoms with van der Waals surface area (Å²) in [6.45, 7) is 0. The average molecular weight is 165 g/mol. The number of carbonyl (C=O) groups is 1. The number of nitrogens with zero attached hydrogens (tertiary/aromatic N) is 1. The number of methoxy groups -OCH3 is 1. The van der Waals surface area contributed by atoms with Crippen molar-refractivity contribution in [1.82, 2.24) is 0 Å². The third-order valence-corrected chi connectivity index (χ3v) is 2.00. The molecule has 0 atom stereocenters. The molecule has 0 aromatic rings. The maximum absolute atomic E-state index is 10.7. The Morgan fingerprint density at radius 2 is 2.50 bits per heavy atom. The van der Waals surface area contributed by atoms with E-state index in [9.17, 15) is 4.79 Å². The van der Waals surface area contributed by atoms with Gasteiger partial charge in [0.05, 0.1) is 13.2 Å². The van der Waals surface area contributed by atoms with Crippen molar-refractivity contribution in [3.8, 4) is 6.07 Å². The molecule has 0 N–H and O–H groups in total. The molecule has 1 rings (SSSR count). The molecule has 1 aliphatic rings. The molecule has 1 fully saturated rings. The van der Waals surface area contributed by atoms with Crippen molar-refractivity contribution >= 4 is 5.97 Å². The Balaban J connectivity index is 2.30. The number of carbonyl (C=O) groups excluding carboxylic acids is 1. The Kier molecular flexibility index (Phi) is 2.87. The Morgan fingerprint density at radius 1 is 1.83 bits per heavy atom. The first kappa shape index (κ1) is 8.79. The standard InChI is InChI=1S/C9H11NO2/c1-12-9(11)6-8-4-7(5-8)2-3-10/h6-7H,2,4-5H2,1H3. The smallest absolute Gasteiger partial charge is 0.330 e. The van der Waals surface area contributed by atoms with Crippen LogP contribution in [0.4, 0.5) is 0 Å². The van der Waals surface area contributed by atoms with Gasteiger partial charge in [-0.3, -0.25) is 0 Å². The van der Waals surface area contributed by atoms with Crippen LogP contribution in [0.3, 0.4) is 0 Å². The van der Waals surface area contributed by atoms with Crippen LogP contribution in [0.25, 0.3) is 0 Å². The third kappa shape index (κ3) is 2.09. The van der Waals surface area contributed by atoms with Crippen molar-refractivity contribution in [2.24, 2.45) is 5.92 Å². The second kappa shape index (κ2) is 3.91. The second-order valence-electron chi connectivity index (χ2n) is 2.96. The molecule has 12 heavy (non-hydrogen) atoms. The molecule has 1 aliphatic carbocycles. The minimum atomic E-state index is -0.291. The zero-order valence-corrected chi connectivity index (χ0v) is 7.04. The average Bonchev–Trinajstić information content (AvgIpc) is 2.00. The van der Waals surface area contributed by atoms with Crippen molar-refractivity contribution in [1.29, 1.82) is 5.26 Å². The number of nitriles is 1. The molecule has 0 radical (unpaired) electrons. The predicted molar refractivity (Wildman–Crippen MR) is 43.1 cm³/mol. The minimum absolute atomic E-state index is 0.291. The van der Waals surface area contributed by atoms with E-state index >= 15 is 0 Å². The van der Waals surface area contributed by atoms with E-state index < -0.39 is 0 Å². The Hall–Kier alpha value is -1.30. The zero-order valence-electron chi connectivity index (χ0n) is 7.04. The van der Waals surface area contributed by atoms with Crippen molar-refractivity contribution < 1.29 is 9.53 Å². The van der Waals surface area contributed by atoms with Gasteiger partial charge in [0.2, 0.25) is 0 Å². The van der Waals surface area contributed by atoms with E-state index in [1.54, 1.807) is 0 Å². The van der Waals surface area contributed by atoms with Gasteiger partial charge in [-0.1, -0.05) is 5.57 Å². The zero-order chi connectivity index (χ0) is 8.97. The van der Waals surface area contributed by atoms with Gasteiger partial charge >= 0.3 is 5.97 Å². The molecule has 3 nitrogen and oxygen atoms in total. The van der Waals surface area contributed by atoms with Gasteiger partial charge in [-0.2, -0.15) is 5.26 Å². The summed E-state index contributed by atoms with van der Waals surface area (Å²) in [4.78, 5) is 10.7. The minimum Gasteiger partial charge on any atom is -0.466 e. The van der Waals surface area contributed by atoms with E-state index in [1.807, 2.05) is 0 Å². The summed E-state index contributed by atoms with van der Waals surface area (Å²) in [6.07, 6.45) is 3.87. The van der Waals surface area contributed by atoms with Gasteiger partial charge in [0.25, 0.3) is 0 Å². The largest absolute Gasteiger partial charge is 0.466 e. The fraction of sp³-hybridized carbons (Fsp3) is 0.556. The fourth-order valence-corrected chi connectivity index (χ4v) is 1.30. The first-order chi connectivity index (χ1) is 5.76. The summed E-state index contributed by atoms with van der Waals surface area (Å²) in [6, 6.07) is 2.11. The molecule has 0 aromatic carbocycles. The lowest BCUT2D eigenvalue weighted by Gasteiger charge is -2.26. The SMILES string of the molecule is COC(=O)C=C1CC(CC#N)C1. The summed E-state index contributed by atoms with van der Waals surface area (Å²) in [5.74, 6) is 0.173. The highest BCUT2D eigenvalue weighted by molar-refractivity contribution is 5.82. The maximum atomic E-state index is 10.7. The van der Waals surface area contributed by atoms with E-state index in [4.69, 9.17) is 5.26 Å². The molecule has 0 saturated heterocycles. The molecule has 0 aliphatic heterocycles. The van der Waals surface area contributed by atoms with Gasteiger partial charge < -0.3 is 4.74 Å². The van der Waals surface area contributed by atoms with Crippen LogP contribution < -0.4 is 0 Å². The molecule has 3 heteroatoms. The Bertz CT molecular complexity index is 242. The number of allylic oxidation sites excluding steroid dienone is 1. The fourth-order valence-electron chi connectivity index (χ4n) is 1.30. The molecule has 0 spiro atoms. The predicted octanol–water partition coefficient (Wildman–Crippen LogP) is 1.41. The molecule has 0 unspecified atom stereocenters. The highest BCUT2D eigenvalue weighted by Gasteiger charge is 2.23. The summed E-state index contributed by atoms with van der Waals surface area (Å²) < 4.78 is 4.47. The normalized spacial score (nSPS) is 20.7. The Morgan fingerprint density at radius 3 is 3.00 bits per heavy atom. The van der Waals surface area contributed by atoms with Gasteiger partial charge in [-0.25, -0.2) is 4.79 Å². The first-order valence-electron chi connectivity index (χ1n) is 3.90. The summed E-state index contributed by atoms with van der Waals surface area (Å²) in [7, 11) is 1.37. The lowest BCUT2D eigenvalue weighted by atomic mass is 9.78. The molecule has 0 amide bonds. The lowest BCUT2D eigenvalue weighted by molar-refractivity contribution is -0.134. The summed E-state index contributed by atoms with van der Waals surface area (Å²) in [5.41, 5.74) is 1.10. The van der Waals surface area contributed by atoms with Crippen LogP contribution in [0, 0.1) is 17.2 Å². The Labute approximate surface area is 71.6 Å². The number of hydrogen-bond donors (Lipinski definition) is 0. The monoisotopic (exact) mass is 165 g/mol. The molecule has 64 valence electrons. The molecular weight excluding hydrogens is 154 g/mol. The van der Waals surface area contributed by atoms with Crippen molar-refractivity contribution in [3.63, 3.8) is 0 Å². The maximum Gasteiger partial charge on any atom is 0.330 e. The van der Waals surface area contributed by atoms with Crippen LogP contribution in [-0.4, -0.2) is 13.1 Å². The first-order valence-corrected chi connectivity index (χ1v) is 3.90. The number of ether oxygens (including phenoxy) is 1. The highest BCUT2D eigenvalue weighted by Crippen LogP contribution is 2.34.